The maximum Gasteiger partial charge on any atom is 0.212 e. The van der Waals surface area contributed by atoms with Gasteiger partial charge in [0, 0.05) is 24.7 Å². The molecule has 1 aromatic carbocycles. The number of anilines is 1. The monoisotopic (exact) mass is 413 g/mol. The number of rotatable bonds is 5. The number of methoxy groups -OCH3 is 1. The lowest BCUT2D eigenvalue weighted by Gasteiger charge is -2.37. The van der Waals surface area contributed by atoms with Gasteiger partial charge in [0.05, 0.1) is 19.9 Å². The van der Waals surface area contributed by atoms with Gasteiger partial charge in [-0.25, -0.2) is 23.4 Å². The van der Waals surface area contributed by atoms with Crippen LogP contribution >= 0.6 is 0 Å². The zero-order valence-electron chi connectivity index (χ0n) is 17.4. The second-order valence-electron chi connectivity index (χ2n) is 8.34. The summed E-state index contributed by atoms with van der Waals surface area (Å²) in [4.78, 5) is 10.5. The lowest BCUT2D eigenvalue weighted by atomic mass is 9.83. The Kier molecular flexibility index (Phi) is 5.40. The van der Waals surface area contributed by atoms with Crippen LogP contribution in [0.3, 0.4) is 0 Å². The average Bonchev–Trinajstić information content (AvgIpc) is 3.13. The van der Waals surface area contributed by atoms with Crippen LogP contribution < -0.4 is 9.64 Å². The Labute approximate surface area is 174 Å². The summed E-state index contributed by atoms with van der Waals surface area (Å²) in [5.74, 6) is 0.281. The van der Waals surface area contributed by atoms with Crippen molar-refractivity contribution in [2.75, 3.05) is 25.1 Å². The van der Waals surface area contributed by atoms with Crippen LogP contribution in [0.1, 0.15) is 32.3 Å². The first kappa shape index (κ1) is 20.3. The third kappa shape index (κ3) is 4.13. The summed E-state index contributed by atoms with van der Waals surface area (Å²) < 4.78 is 35.5. The normalized spacial score (nSPS) is 16.0. The number of piperidine rings is 1. The van der Waals surface area contributed by atoms with Crippen molar-refractivity contribution in [1.82, 2.24) is 19.7 Å². The van der Waals surface area contributed by atoms with Gasteiger partial charge < -0.3 is 9.64 Å². The Balaban J connectivity index is 1.63. The molecule has 0 radical (unpaired) electrons. The largest absolute Gasteiger partial charge is 0.481 e. The minimum absolute atomic E-state index is 0.200. The Morgan fingerprint density at radius 1 is 1.10 bits per heavy atom. The molecule has 158 valence electrons. The second kappa shape index (κ2) is 8.01. The van der Waals surface area contributed by atoms with Crippen LogP contribution in [0.4, 0.5) is 14.6 Å². The van der Waals surface area contributed by atoms with E-state index in [1.54, 1.807) is 28.9 Å². The minimum atomic E-state index is -0.448. The lowest BCUT2D eigenvalue weighted by Crippen LogP contribution is -2.38. The number of halogens is 2. The van der Waals surface area contributed by atoms with E-state index in [0.29, 0.717) is 23.0 Å². The van der Waals surface area contributed by atoms with Crippen LogP contribution in [-0.2, 0) is 6.54 Å². The van der Waals surface area contributed by atoms with Crippen LogP contribution in [0.25, 0.3) is 11.5 Å². The highest BCUT2D eigenvalue weighted by molar-refractivity contribution is 5.55. The molecule has 3 heterocycles. The Morgan fingerprint density at radius 3 is 2.53 bits per heavy atom. The van der Waals surface area contributed by atoms with Gasteiger partial charge in [0.25, 0.3) is 0 Å². The van der Waals surface area contributed by atoms with E-state index in [1.165, 1.54) is 19.4 Å². The predicted molar refractivity (Wildman–Crippen MR) is 110 cm³/mol. The number of aromatic nitrogens is 4. The molecule has 3 aromatic rings. The molecule has 0 spiro atoms. The molecule has 1 fully saturated rings. The van der Waals surface area contributed by atoms with Crippen molar-refractivity contribution in [2.24, 2.45) is 5.41 Å². The number of ether oxygens (including phenoxy) is 1. The van der Waals surface area contributed by atoms with Crippen molar-refractivity contribution in [2.45, 2.75) is 33.2 Å². The average molecular weight is 413 g/mol. The molecule has 6 nitrogen and oxygen atoms in total. The maximum absolute atomic E-state index is 14.5. The van der Waals surface area contributed by atoms with Crippen molar-refractivity contribution in [3.05, 3.63) is 53.7 Å². The highest BCUT2D eigenvalue weighted by Crippen LogP contribution is 2.33. The quantitative estimate of drug-likeness (QED) is 0.624. The number of hydrogen-bond donors (Lipinski definition) is 0. The van der Waals surface area contributed by atoms with E-state index >= 15 is 0 Å². The molecule has 1 saturated heterocycles. The summed E-state index contributed by atoms with van der Waals surface area (Å²) in [7, 11) is 1.52. The third-order valence-corrected chi connectivity index (χ3v) is 5.60. The van der Waals surface area contributed by atoms with Gasteiger partial charge in [-0.1, -0.05) is 32.0 Å². The smallest absolute Gasteiger partial charge is 0.212 e. The molecule has 0 N–H and O–H groups in total. The molecule has 0 unspecified atom stereocenters. The van der Waals surface area contributed by atoms with Gasteiger partial charge in [-0.05, 0) is 24.3 Å². The molecule has 0 bridgehead atoms. The van der Waals surface area contributed by atoms with Crippen molar-refractivity contribution in [1.29, 1.82) is 0 Å². The highest BCUT2D eigenvalue weighted by Gasteiger charge is 2.28. The Bertz CT molecular complexity index is 1040. The minimum Gasteiger partial charge on any atom is -0.481 e. The third-order valence-electron chi connectivity index (χ3n) is 5.60. The zero-order chi connectivity index (χ0) is 21.3. The van der Waals surface area contributed by atoms with E-state index < -0.39 is 5.82 Å². The maximum atomic E-state index is 14.5. The molecule has 0 amide bonds. The summed E-state index contributed by atoms with van der Waals surface area (Å²) in [6.07, 6.45) is 3.12. The first-order valence-corrected chi connectivity index (χ1v) is 9.99. The van der Waals surface area contributed by atoms with Gasteiger partial charge in [0.2, 0.25) is 5.88 Å². The first-order valence-electron chi connectivity index (χ1n) is 9.99. The fourth-order valence-corrected chi connectivity index (χ4v) is 3.60. The van der Waals surface area contributed by atoms with Crippen LogP contribution in [0.5, 0.6) is 5.88 Å². The van der Waals surface area contributed by atoms with Crippen molar-refractivity contribution < 1.29 is 13.5 Å². The number of benzene rings is 1. The summed E-state index contributed by atoms with van der Waals surface area (Å²) in [5, 5.41) is 4.49. The van der Waals surface area contributed by atoms with Gasteiger partial charge in [-0.15, -0.1) is 0 Å². The van der Waals surface area contributed by atoms with Crippen LogP contribution in [0.2, 0.25) is 0 Å². The first-order chi connectivity index (χ1) is 14.4. The molecule has 8 heteroatoms. The molecule has 0 aliphatic carbocycles. The zero-order valence-corrected chi connectivity index (χ0v) is 17.4. The van der Waals surface area contributed by atoms with E-state index in [0.717, 1.165) is 25.9 Å². The predicted octanol–water partition coefficient (Wildman–Crippen LogP) is 4.30. The summed E-state index contributed by atoms with van der Waals surface area (Å²) in [5.41, 5.74) is 1.19. The summed E-state index contributed by atoms with van der Waals surface area (Å²) in [6, 6.07) is 8.18. The van der Waals surface area contributed by atoms with Gasteiger partial charge in [0.1, 0.15) is 11.5 Å². The standard InChI is InChI=1S/C22H25F2N5O/c1-22(2)8-10-28(11-9-22)21-17(24)13-25-20(26-21)18-12-19(30-3)29(27-18)14-15-6-4-5-7-16(15)23/h4-7,12-13H,8-11,14H2,1-3H3. The molecular formula is C22H25F2N5O. The summed E-state index contributed by atoms with van der Waals surface area (Å²) >= 11 is 0. The molecule has 1 aliphatic heterocycles. The van der Waals surface area contributed by atoms with E-state index in [4.69, 9.17) is 4.74 Å². The second-order valence-corrected chi connectivity index (χ2v) is 8.34. The molecular weight excluding hydrogens is 388 g/mol. The van der Waals surface area contributed by atoms with E-state index in [9.17, 15) is 8.78 Å². The fraction of sp³-hybridized carbons (Fsp3) is 0.409. The molecule has 30 heavy (non-hydrogen) atoms. The van der Waals surface area contributed by atoms with E-state index in [2.05, 4.69) is 28.9 Å². The molecule has 0 atom stereocenters. The van der Waals surface area contributed by atoms with Crippen molar-refractivity contribution in [3.8, 4) is 17.4 Å². The molecule has 0 saturated carbocycles. The van der Waals surface area contributed by atoms with Crippen molar-refractivity contribution in [3.63, 3.8) is 0 Å². The molecule has 4 rings (SSSR count). The molecule has 1 aliphatic rings. The topological polar surface area (TPSA) is 56.1 Å². The van der Waals surface area contributed by atoms with E-state index in [-0.39, 0.29) is 23.6 Å². The molecule has 2 aromatic heterocycles. The highest BCUT2D eigenvalue weighted by atomic mass is 19.1. The van der Waals surface area contributed by atoms with Gasteiger partial charge in [0.15, 0.2) is 17.5 Å². The van der Waals surface area contributed by atoms with Crippen LogP contribution in [0, 0.1) is 17.0 Å². The Hall–Kier alpha value is -3.03. The summed E-state index contributed by atoms with van der Waals surface area (Å²) in [6.45, 7) is 6.13. The van der Waals surface area contributed by atoms with Crippen LogP contribution in [0.15, 0.2) is 36.5 Å². The number of hydrogen-bond acceptors (Lipinski definition) is 5. The van der Waals surface area contributed by atoms with Crippen molar-refractivity contribution >= 4 is 5.82 Å². The van der Waals surface area contributed by atoms with Gasteiger partial charge >= 0.3 is 0 Å². The van der Waals surface area contributed by atoms with Gasteiger partial charge in [-0.3, -0.25) is 0 Å². The number of nitrogens with zero attached hydrogens (tertiary/aromatic N) is 5. The fourth-order valence-electron chi connectivity index (χ4n) is 3.60. The SMILES string of the molecule is COc1cc(-c2ncc(F)c(N3CCC(C)(C)CC3)n2)nn1Cc1ccccc1F. The van der Waals surface area contributed by atoms with Crippen LogP contribution in [-0.4, -0.2) is 39.9 Å². The van der Waals surface area contributed by atoms with E-state index in [1.807, 2.05) is 4.90 Å². The van der Waals surface area contributed by atoms with Gasteiger partial charge in [-0.2, -0.15) is 5.10 Å². The Morgan fingerprint density at radius 2 is 1.83 bits per heavy atom. The lowest BCUT2D eigenvalue weighted by molar-refractivity contribution is 0.278.